The lowest BCUT2D eigenvalue weighted by molar-refractivity contribution is -0.0441. The van der Waals surface area contributed by atoms with E-state index >= 15 is 0 Å². The van der Waals surface area contributed by atoms with E-state index in [2.05, 4.69) is 15.5 Å². The number of aromatic nitrogens is 2. The molecule has 21 heavy (non-hydrogen) atoms. The maximum Gasteiger partial charge on any atom is 0.276 e. The van der Waals surface area contributed by atoms with Crippen LogP contribution >= 0.6 is 11.6 Å². The van der Waals surface area contributed by atoms with Gasteiger partial charge < -0.3 is 14.8 Å². The van der Waals surface area contributed by atoms with Crippen LogP contribution in [0.1, 0.15) is 22.3 Å². The quantitative estimate of drug-likeness (QED) is 0.942. The number of carbonyl (C=O) groups excluding carboxylic acids is 1. The normalized spacial score (nSPS) is 15.1. The number of anilines is 1. The maximum absolute atomic E-state index is 12.0. The van der Waals surface area contributed by atoms with Crippen LogP contribution in [-0.4, -0.2) is 29.3 Å². The van der Waals surface area contributed by atoms with Crippen molar-refractivity contribution in [2.75, 3.05) is 18.5 Å². The Bertz CT molecular complexity index is 625. The van der Waals surface area contributed by atoms with Crippen molar-refractivity contribution in [1.29, 1.82) is 0 Å². The monoisotopic (exact) mass is 305 g/mol. The highest BCUT2D eigenvalue weighted by molar-refractivity contribution is 6.29. The largest absolute Gasteiger partial charge is 0.346 e. The molecular weight excluding hydrogens is 294 g/mol. The molecule has 6 nitrogen and oxygen atoms in total. The van der Waals surface area contributed by atoms with E-state index in [1.54, 1.807) is 12.1 Å². The number of ether oxygens (including phenoxy) is 2. The summed E-state index contributed by atoms with van der Waals surface area (Å²) in [6.07, 6.45) is -0.322. The number of carbonyl (C=O) groups is 1. The van der Waals surface area contributed by atoms with Gasteiger partial charge in [0.1, 0.15) is 0 Å². The van der Waals surface area contributed by atoms with E-state index in [0.717, 1.165) is 5.56 Å². The molecule has 0 aliphatic carbocycles. The summed E-state index contributed by atoms with van der Waals surface area (Å²) in [4.78, 5) is 12.0. The average Bonchev–Trinajstić information content (AvgIpc) is 3.03. The highest BCUT2D eigenvalue weighted by Gasteiger charge is 2.18. The first kappa shape index (κ1) is 13.9. The van der Waals surface area contributed by atoms with E-state index in [-0.39, 0.29) is 23.0 Å². The van der Waals surface area contributed by atoms with Gasteiger partial charge in [-0.2, -0.15) is 0 Å². The molecule has 0 unspecified atom stereocenters. The summed E-state index contributed by atoms with van der Waals surface area (Å²) in [5.74, 6) is -0.347. The fraction of sp³-hybridized carbons (Fsp3) is 0.214. The predicted octanol–water partition coefficient (Wildman–Crippen LogP) is 2.43. The zero-order chi connectivity index (χ0) is 14.7. The molecule has 1 aliphatic heterocycles. The number of benzene rings is 1. The Hall–Kier alpha value is -2.02. The van der Waals surface area contributed by atoms with Gasteiger partial charge in [-0.25, -0.2) is 0 Å². The van der Waals surface area contributed by atoms with Crippen LogP contribution in [0.15, 0.2) is 36.4 Å². The van der Waals surface area contributed by atoms with Gasteiger partial charge in [0.2, 0.25) is 0 Å². The fourth-order valence-electron chi connectivity index (χ4n) is 1.91. The zero-order valence-corrected chi connectivity index (χ0v) is 11.7. The Balaban J connectivity index is 1.67. The van der Waals surface area contributed by atoms with Gasteiger partial charge in [-0.1, -0.05) is 23.7 Å². The molecule has 2 heterocycles. The minimum atomic E-state index is -0.347. The molecule has 1 aromatic heterocycles. The summed E-state index contributed by atoms with van der Waals surface area (Å²) in [7, 11) is 0. The molecule has 1 amide bonds. The van der Waals surface area contributed by atoms with Gasteiger partial charge in [-0.3, -0.25) is 4.79 Å². The van der Waals surface area contributed by atoms with Crippen molar-refractivity contribution in [1.82, 2.24) is 10.2 Å². The molecule has 0 spiro atoms. The van der Waals surface area contributed by atoms with Gasteiger partial charge in [0.25, 0.3) is 5.91 Å². The molecule has 1 aliphatic rings. The lowest BCUT2D eigenvalue weighted by Gasteiger charge is -2.10. The molecular formula is C14H12ClN3O3. The smallest absolute Gasteiger partial charge is 0.276 e. The van der Waals surface area contributed by atoms with Crippen molar-refractivity contribution in [2.45, 2.75) is 6.29 Å². The number of hydrogen-bond donors (Lipinski definition) is 1. The molecule has 0 saturated carbocycles. The maximum atomic E-state index is 12.0. The standard InChI is InChI=1S/C14H12ClN3O3/c15-12-6-5-11(17-18-12)13(19)16-10-3-1-9(2-4-10)14-20-7-8-21-14/h1-6,14H,7-8H2,(H,16,19). The minimum Gasteiger partial charge on any atom is -0.346 e. The fourth-order valence-corrected chi connectivity index (χ4v) is 2.01. The van der Waals surface area contributed by atoms with Crippen LogP contribution in [0.2, 0.25) is 5.15 Å². The molecule has 0 atom stereocenters. The second-order valence-electron chi connectivity index (χ2n) is 4.39. The van der Waals surface area contributed by atoms with Gasteiger partial charge in [-0.15, -0.1) is 10.2 Å². The molecule has 7 heteroatoms. The van der Waals surface area contributed by atoms with Crippen molar-refractivity contribution in [2.24, 2.45) is 0 Å². The first-order valence-corrected chi connectivity index (χ1v) is 6.74. The second kappa shape index (κ2) is 6.17. The van der Waals surface area contributed by atoms with Crippen LogP contribution < -0.4 is 5.32 Å². The summed E-state index contributed by atoms with van der Waals surface area (Å²) in [5.41, 5.74) is 1.77. The summed E-state index contributed by atoms with van der Waals surface area (Å²) in [5, 5.41) is 10.3. The van der Waals surface area contributed by atoms with Crippen molar-refractivity contribution >= 4 is 23.2 Å². The van der Waals surface area contributed by atoms with Crippen LogP contribution in [0.5, 0.6) is 0 Å². The summed E-state index contributed by atoms with van der Waals surface area (Å²) in [6.45, 7) is 1.19. The highest BCUT2D eigenvalue weighted by atomic mass is 35.5. The number of amides is 1. The zero-order valence-electron chi connectivity index (χ0n) is 11.0. The molecule has 1 fully saturated rings. The third-order valence-electron chi connectivity index (χ3n) is 2.93. The highest BCUT2D eigenvalue weighted by Crippen LogP contribution is 2.24. The number of halogens is 1. The minimum absolute atomic E-state index is 0.200. The van der Waals surface area contributed by atoms with Crippen molar-refractivity contribution in [3.8, 4) is 0 Å². The number of rotatable bonds is 3. The molecule has 1 aromatic carbocycles. The Labute approximate surface area is 126 Å². The van der Waals surface area contributed by atoms with E-state index in [4.69, 9.17) is 21.1 Å². The van der Waals surface area contributed by atoms with Crippen LogP contribution in [-0.2, 0) is 9.47 Å². The predicted molar refractivity (Wildman–Crippen MR) is 76.1 cm³/mol. The van der Waals surface area contributed by atoms with Gasteiger partial charge in [0, 0.05) is 11.3 Å². The molecule has 2 aromatic rings. The van der Waals surface area contributed by atoms with E-state index in [1.165, 1.54) is 12.1 Å². The van der Waals surface area contributed by atoms with Gasteiger partial charge >= 0.3 is 0 Å². The SMILES string of the molecule is O=C(Nc1ccc(C2OCCO2)cc1)c1ccc(Cl)nn1. The Morgan fingerprint density at radius 2 is 1.81 bits per heavy atom. The van der Waals surface area contributed by atoms with E-state index in [1.807, 2.05) is 12.1 Å². The first-order chi connectivity index (χ1) is 10.2. The number of nitrogens with one attached hydrogen (secondary N) is 1. The van der Waals surface area contributed by atoms with Crippen LogP contribution in [0.3, 0.4) is 0 Å². The number of hydrogen-bond acceptors (Lipinski definition) is 5. The molecule has 0 bridgehead atoms. The number of nitrogens with zero attached hydrogens (tertiary/aromatic N) is 2. The van der Waals surface area contributed by atoms with Crippen LogP contribution in [0.4, 0.5) is 5.69 Å². The third kappa shape index (κ3) is 3.36. The molecule has 0 radical (unpaired) electrons. The van der Waals surface area contributed by atoms with Gasteiger partial charge in [-0.05, 0) is 24.3 Å². The van der Waals surface area contributed by atoms with E-state index in [0.29, 0.717) is 18.9 Å². The average molecular weight is 306 g/mol. The lowest BCUT2D eigenvalue weighted by atomic mass is 10.2. The Kier molecular flexibility index (Phi) is 4.10. The molecule has 1 saturated heterocycles. The van der Waals surface area contributed by atoms with Crippen LogP contribution in [0, 0.1) is 0 Å². The summed E-state index contributed by atoms with van der Waals surface area (Å²) >= 11 is 5.63. The van der Waals surface area contributed by atoms with Crippen LogP contribution in [0.25, 0.3) is 0 Å². The topological polar surface area (TPSA) is 73.3 Å². The van der Waals surface area contributed by atoms with Gasteiger partial charge in [0.15, 0.2) is 17.1 Å². The first-order valence-electron chi connectivity index (χ1n) is 6.36. The van der Waals surface area contributed by atoms with E-state index < -0.39 is 0 Å². The second-order valence-corrected chi connectivity index (χ2v) is 4.78. The lowest BCUT2D eigenvalue weighted by Crippen LogP contribution is -2.14. The Morgan fingerprint density at radius 1 is 1.10 bits per heavy atom. The Morgan fingerprint density at radius 3 is 2.43 bits per heavy atom. The van der Waals surface area contributed by atoms with Crippen molar-refractivity contribution in [3.05, 3.63) is 52.8 Å². The molecule has 3 rings (SSSR count). The third-order valence-corrected chi connectivity index (χ3v) is 3.13. The molecule has 108 valence electrons. The van der Waals surface area contributed by atoms with Gasteiger partial charge in [0.05, 0.1) is 13.2 Å². The summed E-state index contributed by atoms with van der Waals surface area (Å²) < 4.78 is 10.8. The van der Waals surface area contributed by atoms with Crippen molar-refractivity contribution < 1.29 is 14.3 Å². The summed E-state index contributed by atoms with van der Waals surface area (Å²) in [6, 6.07) is 10.3. The van der Waals surface area contributed by atoms with E-state index in [9.17, 15) is 4.79 Å². The van der Waals surface area contributed by atoms with Crippen molar-refractivity contribution in [3.63, 3.8) is 0 Å². The molecule has 1 N–H and O–H groups in total.